The van der Waals surface area contributed by atoms with Crippen LogP contribution >= 0.6 is 11.6 Å². The van der Waals surface area contributed by atoms with E-state index in [1.807, 2.05) is 26.0 Å². The average Bonchev–Trinajstić information content (AvgIpc) is 3.45. The van der Waals surface area contributed by atoms with Gasteiger partial charge in [0.2, 0.25) is 6.79 Å². The van der Waals surface area contributed by atoms with E-state index < -0.39 is 17.7 Å². The Kier molecular flexibility index (Phi) is 5.99. The first-order valence-corrected chi connectivity index (χ1v) is 11.4. The summed E-state index contributed by atoms with van der Waals surface area (Å²) in [5.74, 6) is -1.35. The number of carbonyl (C=O) groups is 3. The predicted molar refractivity (Wildman–Crippen MR) is 136 cm³/mol. The van der Waals surface area contributed by atoms with E-state index in [1.165, 1.54) is 4.68 Å². The number of ether oxygens (including phenoxy) is 2. The molecule has 0 aliphatic carbocycles. The minimum Gasteiger partial charge on any atom is -0.454 e. The van der Waals surface area contributed by atoms with E-state index in [0.29, 0.717) is 38.8 Å². The second-order valence-electron chi connectivity index (χ2n) is 8.28. The van der Waals surface area contributed by atoms with Crippen LogP contribution < -0.4 is 25.5 Å². The summed E-state index contributed by atoms with van der Waals surface area (Å²) in [6, 6.07) is 16.9. The summed E-state index contributed by atoms with van der Waals surface area (Å²) in [5, 5.41) is 6.44. The van der Waals surface area contributed by atoms with Crippen molar-refractivity contribution in [3.8, 4) is 11.5 Å². The second kappa shape index (κ2) is 9.27. The number of nitrogens with one attached hydrogen (secondary N) is 3. The fourth-order valence-electron chi connectivity index (χ4n) is 3.80. The molecule has 1 aliphatic rings. The van der Waals surface area contributed by atoms with Crippen LogP contribution in [0.1, 0.15) is 21.6 Å². The van der Waals surface area contributed by atoms with Crippen molar-refractivity contribution in [1.29, 1.82) is 0 Å². The van der Waals surface area contributed by atoms with Crippen LogP contribution in [0.5, 0.6) is 11.5 Å². The molecule has 0 unspecified atom stereocenters. The molecule has 0 fully saturated rings. The molecule has 0 atom stereocenters. The molecule has 1 aliphatic heterocycles. The largest absolute Gasteiger partial charge is 0.454 e. The number of anilines is 2. The summed E-state index contributed by atoms with van der Waals surface area (Å²) >= 11 is 6.13. The van der Waals surface area contributed by atoms with Crippen LogP contribution in [0.2, 0.25) is 5.02 Å². The maximum absolute atomic E-state index is 13.2. The molecule has 36 heavy (non-hydrogen) atoms. The molecule has 182 valence electrons. The third kappa shape index (κ3) is 4.56. The summed E-state index contributed by atoms with van der Waals surface area (Å²) in [6.45, 7) is 4.01. The Labute approximate surface area is 210 Å². The summed E-state index contributed by atoms with van der Waals surface area (Å²) < 4.78 is 11.8. The highest BCUT2D eigenvalue weighted by molar-refractivity contribution is 6.42. The lowest BCUT2D eigenvalue weighted by molar-refractivity contribution is -0.133. The Bertz CT molecular complexity index is 1550. The number of nitrogens with zero attached hydrogens (tertiary/aromatic N) is 1. The van der Waals surface area contributed by atoms with Gasteiger partial charge in [-0.05, 0) is 73.5 Å². The van der Waals surface area contributed by atoms with Crippen molar-refractivity contribution < 1.29 is 23.9 Å². The summed E-state index contributed by atoms with van der Waals surface area (Å²) in [4.78, 5) is 38.7. The molecule has 0 saturated carbocycles. The first-order valence-electron chi connectivity index (χ1n) is 11.0. The van der Waals surface area contributed by atoms with Crippen LogP contribution in [0.15, 0.2) is 60.7 Å². The van der Waals surface area contributed by atoms with Gasteiger partial charge in [0.15, 0.2) is 11.5 Å². The minimum atomic E-state index is -0.972. The van der Waals surface area contributed by atoms with Gasteiger partial charge in [-0.3, -0.25) is 19.8 Å². The minimum absolute atomic E-state index is 0.0882. The van der Waals surface area contributed by atoms with E-state index in [-0.39, 0.29) is 12.5 Å². The number of aromatic nitrogens is 1. The first-order chi connectivity index (χ1) is 17.3. The molecule has 9 nitrogen and oxygen atoms in total. The van der Waals surface area contributed by atoms with Crippen LogP contribution in [-0.2, 0) is 9.59 Å². The van der Waals surface area contributed by atoms with E-state index in [2.05, 4.69) is 16.1 Å². The number of benzene rings is 3. The highest BCUT2D eigenvalue weighted by atomic mass is 35.5. The van der Waals surface area contributed by atoms with E-state index in [0.717, 1.165) is 11.1 Å². The number of amides is 3. The molecule has 4 aromatic rings. The van der Waals surface area contributed by atoms with Gasteiger partial charge < -0.3 is 20.1 Å². The van der Waals surface area contributed by atoms with Crippen molar-refractivity contribution in [3.05, 3.63) is 82.5 Å². The quantitative estimate of drug-likeness (QED) is 0.352. The van der Waals surface area contributed by atoms with Gasteiger partial charge in [-0.15, -0.1) is 0 Å². The Morgan fingerprint density at radius 3 is 2.36 bits per heavy atom. The standard InChI is InChI=1S/C26H21ClN4O5/c1-14-3-5-18(9-15(14)2)28-24(32)21-11-16-10-17(27)4-7-20(16)31(21)30-26(34)25(33)29-19-6-8-22-23(12-19)36-13-35-22/h3-12H,13H2,1-2H3,(H,28,32)(H,29,33)(H,30,34). The van der Waals surface area contributed by atoms with Crippen molar-refractivity contribution in [2.24, 2.45) is 0 Å². The molecule has 3 N–H and O–H groups in total. The lowest BCUT2D eigenvalue weighted by Gasteiger charge is -2.13. The van der Waals surface area contributed by atoms with Gasteiger partial charge in [0, 0.05) is 27.8 Å². The highest BCUT2D eigenvalue weighted by Gasteiger charge is 2.22. The zero-order valence-corrected chi connectivity index (χ0v) is 20.1. The fourth-order valence-corrected chi connectivity index (χ4v) is 3.98. The Hall–Kier alpha value is -4.50. The van der Waals surface area contributed by atoms with Gasteiger partial charge in [-0.1, -0.05) is 17.7 Å². The number of carbonyl (C=O) groups excluding carboxylic acids is 3. The second-order valence-corrected chi connectivity index (χ2v) is 8.72. The first kappa shape index (κ1) is 23.3. The van der Waals surface area contributed by atoms with Gasteiger partial charge in [0.05, 0.1) is 5.52 Å². The SMILES string of the molecule is Cc1ccc(NC(=O)c2cc3cc(Cl)ccc3n2NC(=O)C(=O)Nc2ccc3c(c2)OCO3)cc1C. The molecular formula is C26H21ClN4O5. The molecule has 10 heteroatoms. The highest BCUT2D eigenvalue weighted by Crippen LogP contribution is 2.34. The molecule has 2 heterocycles. The number of rotatable bonds is 4. The fraction of sp³-hybridized carbons (Fsp3) is 0.115. The molecule has 3 amide bonds. The van der Waals surface area contributed by atoms with Crippen molar-refractivity contribution in [3.63, 3.8) is 0 Å². The Balaban J connectivity index is 1.40. The van der Waals surface area contributed by atoms with Gasteiger partial charge in [0.25, 0.3) is 5.91 Å². The van der Waals surface area contributed by atoms with E-state index in [1.54, 1.807) is 48.5 Å². The normalized spacial score (nSPS) is 11.9. The van der Waals surface area contributed by atoms with Crippen LogP contribution in [0.25, 0.3) is 10.9 Å². The zero-order valence-electron chi connectivity index (χ0n) is 19.3. The molecule has 0 radical (unpaired) electrons. The van der Waals surface area contributed by atoms with Crippen molar-refractivity contribution in [1.82, 2.24) is 4.68 Å². The molecule has 0 bridgehead atoms. The number of hydrogen-bond donors (Lipinski definition) is 3. The van der Waals surface area contributed by atoms with Gasteiger partial charge in [-0.25, -0.2) is 4.68 Å². The summed E-state index contributed by atoms with van der Waals surface area (Å²) in [7, 11) is 0. The van der Waals surface area contributed by atoms with Crippen molar-refractivity contribution in [2.45, 2.75) is 13.8 Å². The van der Waals surface area contributed by atoms with E-state index in [4.69, 9.17) is 21.1 Å². The Morgan fingerprint density at radius 1 is 0.806 bits per heavy atom. The number of aryl methyl sites for hydroxylation is 2. The number of fused-ring (bicyclic) bond motifs is 2. The molecule has 5 rings (SSSR count). The van der Waals surface area contributed by atoms with Crippen LogP contribution in [0.3, 0.4) is 0 Å². The maximum Gasteiger partial charge on any atom is 0.328 e. The van der Waals surface area contributed by atoms with Crippen molar-refractivity contribution >= 4 is 51.6 Å². The maximum atomic E-state index is 13.2. The third-order valence-corrected chi connectivity index (χ3v) is 6.05. The lowest BCUT2D eigenvalue weighted by atomic mass is 10.1. The van der Waals surface area contributed by atoms with E-state index >= 15 is 0 Å². The topological polar surface area (TPSA) is 111 Å². The lowest BCUT2D eigenvalue weighted by Crippen LogP contribution is -2.36. The smallest absolute Gasteiger partial charge is 0.328 e. The predicted octanol–water partition coefficient (Wildman–Crippen LogP) is 4.60. The number of hydrogen-bond acceptors (Lipinski definition) is 5. The van der Waals surface area contributed by atoms with E-state index in [9.17, 15) is 14.4 Å². The van der Waals surface area contributed by atoms with Gasteiger partial charge >= 0.3 is 11.8 Å². The summed E-state index contributed by atoms with van der Waals surface area (Å²) in [5.41, 5.74) is 6.21. The van der Waals surface area contributed by atoms with Crippen LogP contribution in [0, 0.1) is 13.8 Å². The Morgan fingerprint density at radius 2 is 1.56 bits per heavy atom. The average molecular weight is 505 g/mol. The van der Waals surface area contributed by atoms with Crippen molar-refractivity contribution in [2.75, 3.05) is 22.9 Å². The van der Waals surface area contributed by atoms with Crippen LogP contribution in [-0.4, -0.2) is 29.2 Å². The number of halogens is 1. The van der Waals surface area contributed by atoms with Crippen LogP contribution in [0.4, 0.5) is 11.4 Å². The monoisotopic (exact) mass is 504 g/mol. The summed E-state index contributed by atoms with van der Waals surface area (Å²) in [6.07, 6.45) is 0. The molecule has 0 spiro atoms. The third-order valence-electron chi connectivity index (χ3n) is 5.81. The van der Waals surface area contributed by atoms with Gasteiger partial charge in [0.1, 0.15) is 5.69 Å². The molecule has 1 aromatic heterocycles. The van der Waals surface area contributed by atoms with Gasteiger partial charge in [-0.2, -0.15) is 0 Å². The molecular weight excluding hydrogens is 484 g/mol. The zero-order chi connectivity index (χ0) is 25.4. The molecule has 3 aromatic carbocycles. The molecule has 0 saturated heterocycles.